The number of carbonyl (C=O) groups is 1. The molecule has 5 nitrogen and oxygen atoms in total. The number of benzene rings is 2. The minimum atomic E-state index is -1.21. The first-order valence-electron chi connectivity index (χ1n) is 6.05. The van der Waals surface area contributed by atoms with Crippen LogP contribution in [0.1, 0.15) is 10.4 Å². The summed E-state index contributed by atoms with van der Waals surface area (Å²) in [6.45, 7) is 0. The fraction of sp³-hybridized carbons (Fsp3) is 0.0667. The topological polar surface area (TPSA) is 90.6 Å². The number of carboxylic acids is 1. The Morgan fingerprint density at radius 1 is 1.14 bits per heavy atom. The van der Waals surface area contributed by atoms with Gasteiger partial charge in [0.2, 0.25) is 5.43 Å². The molecular formula is C15H10O5S. The van der Waals surface area contributed by atoms with Crippen LogP contribution in [0.2, 0.25) is 0 Å². The Kier molecular flexibility index (Phi) is 3.19. The van der Waals surface area contributed by atoms with Crippen molar-refractivity contribution in [2.45, 2.75) is 4.90 Å². The summed E-state index contributed by atoms with van der Waals surface area (Å²) in [7, 11) is 0. The van der Waals surface area contributed by atoms with Crippen LogP contribution in [0.15, 0.2) is 50.5 Å². The Morgan fingerprint density at radius 3 is 2.38 bits per heavy atom. The maximum Gasteiger partial charge on any atom is 0.335 e. The highest BCUT2D eigenvalue weighted by Gasteiger charge is 2.13. The Balaban J connectivity index is 2.39. The summed E-state index contributed by atoms with van der Waals surface area (Å²) >= 11 is -1.21. The van der Waals surface area contributed by atoms with Gasteiger partial charge in [0.25, 0.3) is 0 Å². The van der Waals surface area contributed by atoms with Crippen molar-refractivity contribution in [1.82, 2.24) is 0 Å². The van der Waals surface area contributed by atoms with Gasteiger partial charge in [0.05, 0.1) is 16.3 Å². The molecule has 1 aromatic heterocycles. The van der Waals surface area contributed by atoms with Gasteiger partial charge in [-0.1, -0.05) is 0 Å². The maximum absolute atomic E-state index is 12.5. The summed E-state index contributed by atoms with van der Waals surface area (Å²) in [6, 6.07) is 8.89. The van der Waals surface area contributed by atoms with Gasteiger partial charge in [-0.3, -0.25) is 4.79 Å². The van der Waals surface area contributed by atoms with Gasteiger partial charge >= 0.3 is 5.97 Å². The van der Waals surface area contributed by atoms with E-state index in [0.717, 1.165) is 0 Å². The number of rotatable bonds is 2. The van der Waals surface area contributed by atoms with E-state index in [1.54, 1.807) is 12.1 Å². The fourth-order valence-electron chi connectivity index (χ4n) is 2.15. The van der Waals surface area contributed by atoms with Gasteiger partial charge in [0, 0.05) is 6.07 Å². The summed E-state index contributed by atoms with van der Waals surface area (Å²) in [5.74, 6) is -1.11. The van der Waals surface area contributed by atoms with Crippen LogP contribution < -0.4 is 5.43 Å². The first kappa shape index (κ1) is 13.7. The molecule has 0 spiro atoms. The zero-order valence-electron chi connectivity index (χ0n) is 11.0. The summed E-state index contributed by atoms with van der Waals surface area (Å²) in [4.78, 5) is 24.0. The molecule has 3 rings (SSSR count). The first-order chi connectivity index (χ1) is 9.97. The molecule has 0 radical (unpaired) electrons. The van der Waals surface area contributed by atoms with E-state index >= 15 is 0 Å². The molecule has 2 aromatic carbocycles. The standard InChI is InChI=1S/C15H10O5S/c1-21(19)9-3-5-13-11(7-9)14(16)10-6-8(15(17)18)2-4-12(10)20-13/h2-7H,1H3,(H,17,18). The lowest BCUT2D eigenvalue weighted by atomic mass is 10.1. The van der Waals surface area contributed by atoms with Crippen LogP contribution in [0.3, 0.4) is 0 Å². The molecule has 1 N–H and O–H groups in total. The predicted molar refractivity (Wildman–Crippen MR) is 79.3 cm³/mol. The molecule has 1 atom stereocenters. The third-order valence-electron chi connectivity index (χ3n) is 3.22. The Hall–Kier alpha value is -2.31. The van der Waals surface area contributed by atoms with Crippen molar-refractivity contribution in [2.24, 2.45) is 0 Å². The summed E-state index contributed by atoms with van der Waals surface area (Å²) < 4.78 is 17.1. The largest absolute Gasteiger partial charge is 0.612 e. The molecule has 106 valence electrons. The van der Waals surface area contributed by atoms with Gasteiger partial charge in [0.1, 0.15) is 17.4 Å². The maximum atomic E-state index is 12.5. The first-order valence-corrected chi connectivity index (χ1v) is 7.60. The number of aromatic carboxylic acids is 1. The lowest BCUT2D eigenvalue weighted by Gasteiger charge is -2.06. The molecule has 1 unspecified atom stereocenters. The van der Waals surface area contributed by atoms with Gasteiger partial charge in [-0.05, 0) is 41.5 Å². The van der Waals surface area contributed by atoms with Crippen LogP contribution in [-0.4, -0.2) is 21.9 Å². The van der Waals surface area contributed by atoms with Gasteiger partial charge < -0.3 is 14.1 Å². The summed E-state index contributed by atoms with van der Waals surface area (Å²) in [6.07, 6.45) is 1.52. The van der Waals surface area contributed by atoms with Crippen LogP contribution in [0, 0.1) is 0 Å². The fourth-order valence-corrected chi connectivity index (χ4v) is 2.69. The van der Waals surface area contributed by atoms with E-state index in [9.17, 15) is 14.1 Å². The molecule has 0 saturated carbocycles. The van der Waals surface area contributed by atoms with E-state index < -0.39 is 17.1 Å². The number of hydrogen-bond acceptors (Lipinski definition) is 4. The van der Waals surface area contributed by atoms with Crippen molar-refractivity contribution in [2.75, 3.05) is 6.26 Å². The number of hydrogen-bond donors (Lipinski definition) is 1. The molecular weight excluding hydrogens is 292 g/mol. The lowest BCUT2D eigenvalue weighted by molar-refractivity contribution is 0.0697. The molecule has 3 aromatic rings. The van der Waals surface area contributed by atoms with E-state index in [1.807, 2.05) is 0 Å². The third kappa shape index (κ3) is 2.28. The SMILES string of the molecule is C[S+]([O-])c1ccc2oc3ccc(C(=O)O)cc3c(=O)c2c1. The van der Waals surface area contributed by atoms with Crippen LogP contribution >= 0.6 is 0 Å². The molecule has 0 bridgehead atoms. The highest BCUT2D eigenvalue weighted by molar-refractivity contribution is 7.90. The second-order valence-corrected chi connectivity index (χ2v) is 5.94. The van der Waals surface area contributed by atoms with Gasteiger partial charge in [-0.15, -0.1) is 0 Å². The minimum absolute atomic E-state index is 0.0179. The zero-order valence-corrected chi connectivity index (χ0v) is 11.8. The normalized spacial score (nSPS) is 12.7. The highest BCUT2D eigenvalue weighted by atomic mass is 32.2. The molecule has 0 aliphatic rings. The highest BCUT2D eigenvalue weighted by Crippen LogP contribution is 2.22. The molecule has 0 saturated heterocycles. The Morgan fingerprint density at radius 2 is 1.76 bits per heavy atom. The van der Waals surface area contributed by atoms with Crippen LogP contribution in [-0.2, 0) is 11.2 Å². The van der Waals surface area contributed by atoms with Crippen LogP contribution in [0.25, 0.3) is 21.9 Å². The molecule has 21 heavy (non-hydrogen) atoms. The minimum Gasteiger partial charge on any atom is -0.612 e. The van der Waals surface area contributed by atoms with Gasteiger partial charge in [0.15, 0.2) is 4.90 Å². The number of fused-ring (bicyclic) bond motifs is 2. The second-order valence-electron chi connectivity index (χ2n) is 4.56. The Bertz CT molecular complexity index is 926. The van der Waals surface area contributed by atoms with E-state index in [4.69, 9.17) is 9.52 Å². The van der Waals surface area contributed by atoms with E-state index in [2.05, 4.69) is 0 Å². The zero-order chi connectivity index (χ0) is 15.1. The van der Waals surface area contributed by atoms with E-state index in [0.29, 0.717) is 16.1 Å². The van der Waals surface area contributed by atoms with Crippen molar-refractivity contribution in [3.63, 3.8) is 0 Å². The third-order valence-corrected chi connectivity index (χ3v) is 4.14. The van der Waals surface area contributed by atoms with Crippen LogP contribution in [0.4, 0.5) is 0 Å². The van der Waals surface area contributed by atoms with Gasteiger partial charge in [-0.2, -0.15) is 0 Å². The quantitative estimate of drug-likeness (QED) is 0.579. The van der Waals surface area contributed by atoms with Crippen LogP contribution in [0.5, 0.6) is 0 Å². The average molecular weight is 302 g/mol. The second kappa shape index (κ2) is 4.91. The van der Waals surface area contributed by atoms with Gasteiger partial charge in [-0.25, -0.2) is 4.79 Å². The van der Waals surface area contributed by atoms with Crippen molar-refractivity contribution < 1.29 is 18.9 Å². The average Bonchev–Trinajstić information content (AvgIpc) is 2.46. The molecule has 0 aliphatic carbocycles. The molecule has 0 fully saturated rings. The van der Waals surface area contributed by atoms with Crippen molar-refractivity contribution in [1.29, 1.82) is 0 Å². The van der Waals surface area contributed by atoms with Crippen molar-refractivity contribution in [3.8, 4) is 0 Å². The van der Waals surface area contributed by atoms with Crippen molar-refractivity contribution in [3.05, 3.63) is 52.2 Å². The monoisotopic (exact) mass is 302 g/mol. The summed E-state index contributed by atoms with van der Waals surface area (Å²) in [5, 5.41) is 9.48. The predicted octanol–water partition coefficient (Wildman–Crippen LogP) is 2.38. The smallest absolute Gasteiger partial charge is 0.335 e. The summed E-state index contributed by atoms with van der Waals surface area (Å²) in [5.41, 5.74) is 0.388. The Labute approximate surface area is 122 Å². The van der Waals surface area contributed by atoms with E-state index in [1.165, 1.54) is 30.5 Å². The molecule has 0 amide bonds. The van der Waals surface area contributed by atoms with E-state index in [-0.39, 0.29) is 21.8 Å². The lowest BCUT2D eigenvalue weighted by Crippen LogP contribution is -2.06. The molecule has 1 heterocycles. The molecule has 6 heteroatoms. The number of carboxylic acid groups (broad SMARTS) is 1. The van der Waals surface area contributed by atoms with Crippen molar-refractivity contribution >= 4 is 39.1 Å². The molecule has 0 aliphatic heterocycles.